The van der Waals surface area contributed by atoms with Crippen molar-refractivity contribution in [1.82, 2.24) is 15.0 Å². The topological polar surface area (TPSA) is 70.7 Å². The third-order valence-electron chi connectivity index (χ3n) is 3.62. The molecule has 0 saturated heterocycles. The van der Waals surface area contributed by atoms with Gasteiger partial charge >= 0.3 is 0 Å². The highest BCUT2D eigenvalue weighted by Gasteiger charge is 2.09. The summed E-state index contributed by atoms with van der Waals surface area (Å²) in [5.41, 5.74) is 4.58. The number of H-pyrrole nitrogens is 1. The molecule has 0 unspecified atom stereocenters. The van der Waals surface area contributed by atoms with Crippen molar-refractivity contribution < 1.29 is 4.79 Å². The molecule has 2 heterocycles. The van der Waals surface area contributed by atoms with Gasteiger partial charge in [0.05, 0.1) is 6.42 Å². The van der Waals surface area contributed by atoms with Crippen molar-refractivity contribution >= 4 is 11.6 Å². The number of hydrogen-bond donors (Lipinski definition) is 2. The number of nitrogens with one attached hydrogen (secondary N) is 2. The molecule has 0 atom stereocenters. The van der Waals surface area contributed by atoms with Gasteiger partial charge in [0.15, 0.2) is 0 Å². The van der Waals surface area contributed by atoms with Crippen LogP contribution in [0.5, 0.6) is 0 Å². The molecule has 0 saturated carbocycles. The van der Waals surface area contributed by atoms with Crippen molar-refractivity contribution in [2.24, 2.45) is 0 Å². The zero-order valence-corrected chi connectivity index (χ0v) is 13.1. The Morgan fingerprint density at radius 1 is 1.17 bits per heavy atom. The Labute approximate surface area is 134 Å². The Bertz CT molecular complexity index is 808. The van der Waals surface area contributed by atoms with E-state index in [0.29, 0.717) is 6.42 Å². The molecule has 0 radical (unpaired) electrons. The number of rotatable bonds is 4. The van der Waals surface area contributed by atoms with Gasteiger partial charge in [0, 0.05) is 35.5 Å². The number of aromatic nitrogens is 3. The van der Waals surface area contributed by atoms with Gasteiger partial charge in [-0.05, 0) is 37.1 Å². The van der Waals surface area contributed by atoms with Crippen molar-refractivity contribution in [3.05, 3.63) is 65.7 Å². The number of anilines is 1. The lowest BCUT2D eigenvalue weighted by Crippen LogP contribution is -2.15. The monoisotopic (exact) mass is 306 g/mol. The second-order valence-corrected chi connectivity index (χ2v) is 5.50. The van der Waals surface area contributed by atoms with E-state index in [9.17, 15) is 4.79 Å². The molecule has 1 aromatic carbocycles. The molecular weight excluding hydrogens is 288 g/mol. The zero-order valence-electron chi connectivity index (χ0n) is 13.1. The van der Waals surface area contributed by atoms with Crippen LogP contribution in [0.1, 0.15) is 16.8 Å². The highest BCUT2D eigenvalue weighted by molar-refractivity contribution is 5.93. The minimum Gasteiger partial charge on any atom is -0.345 e. The summed E-state index contributed by atoms with van der Waals surface area (Å²) in [7, 11) is 0. The van der Waals surface area contributed by atoms with Crippen molar-refractivity contribution in [1.29, 1.82) is 0 Å². The van der Waals surface area contributed by atoms with Gasteiger partial charge in [-0.25, -0.2) is 4.98 Å². The van der Waals surface area contributed by atoms with E-state index in [4.69, 9.17) is 0 Å². The van der Waals surface area contributed by atoms with E-state index in [0.717, 1.165) is 33.9 Å². The van der Waals surface area contributed by atoms with Crippen LogP contribution in [0.25, 0.3) is 11.4 Å². The lowest BCUT2D eigenvalue weighted by molar-refractivity contribution is -0.115. The van der Waals surface area contributed by atoms with E-state index in [1.165, 1.54) is 0 Å². The molecule has 116 valence electrons. The Morgan fingerprint density at radius 3 is 2.74 bits per heavy atom. The predicted molar refractivity (Wildman–Crippen MR) is 90.1 cm³/mol. The Kier molecular flexibility index (Phi) is 4.19. The summed E-state index contributed by atoms with van der Waals surface area (Å²) in [6.45, 7) is 3.89. The first-order valence-corrected chi connectivity index (χ1v) is 7.43. The van der Waals surface area contributed by atoms with E-state index in [1.54, 1.807) is 18.6 Å². The molecule has 0 aliphatic heterocycles. The highest BCUT2D eigenvalue weighted by atomic mass is 16.1. The molecule has 2 N–H and O–H groups in total. The summed E-state index contributed by atoms with van der Waals surface area (Å²) in [6.07, 6.45) is 5.52. The SMILES string of the molecule is Cc1ccc(CC(=O)Nc2cc(-c3ncc[nH]3)ccc2C)cn1. The molecule has 0 spiro atoms. The van der Waals surface area contributed by atoms with Crippen LogP contribution < -0.4 is 5.32 Å². The van der Waals surface area contributed by atoms with Gasteiger partial charge in [-0.15, -0.1) is 0 Å². The summed E-state index contributed by atoms with van der Waals surface area (Å²) in [4.78, 5) is 23.8. The molecule has 0 aliphatic carbocycles. The number of carbonyl (C=O) groups excluding carboxylic acids is 1. The first-order chi connectivity index (χ1) is 11.1. The van der Waals surface area contributed by atoms with Crippen molar-refractivity contribution in [3.8, 4) is 11.4 Å². The standard InChI is InChI=1S/C18H18N4O/c1-12-3-6-15(18-19-7-8-20-18)10-16(12)22-17(23)9-14-5-4-13(2)21-11-14/h3-8,10-11H,9H2,1-2H3,(H,19,20)(H,22,23). The lowest BCUT2D eigenvalue weighted by Gasteiger charge is -2.10. The van der Waals surface area contributed by atoms with E-state index >= 15 is 0 Å². The number of aromatic amines is 1. The minimum absolute atomic E-state index is 0.0599. The van der Waals surface area contributed by atoms with Crippen LogP contribution >= 0.6 is 0 Å². The molecule has 5 nitrogen and oxygen atoms in total. The number of amides is 1. The molecule has 3 rings (SSSR count). The average Bonchev–Trinajstić information content (AvgIpc) is 3.06. The number of imidazole rings is 1. The van der Waals surface area contributed by atoms with Gasteiger partial charge in [0.2, 0.25) is 5.91 Å². The third-order valence-corrected chi connectivity index (χ3v) is 3.62. The van der Waals surface area contributed by atoms with Crippen LogP contribution in [0, 0.1) is 13.8 Å². The maximum absolute atomic E-state index is 12.3. The van der Waals surface area contributed by atoms with E-state index < -0.39 is 0 Å². The fraction of sp³-hybridized carbons (Fsp3) is 0.167. The van der Waals surface area contributed by atoms with Gasteiger partial charge in [-0.3, -0.25) is 9.78 Å². The van der Waals surface area contributed by atoms with E-state index in [1.807, 2.05) is 44.2 Å². The maximum atomic E-state index is 12.3. The van der Waals surface area contributed by atoms with Gasteiger partial charge in [0.25, 0.3) is 0 Å². The third kappa shape index (κ3) is 3.63. The molecule has 0 fully saturated rings. The first-order valence-electron chi connectivity index (χ1n) is 7.43. The fourth-order valence-electron chi connectivity index (χ4n) is 2.31. The van der Waals surface area contributed by atoms with Crippen LogP contribution in [0.15, 0.2) is 48.9 Å². The van der Waals surface area contributed by atoms with E-state index in [2.05, 4.69) is 20.3 Å². The van der Waals surface area contributed by atoms with Crippen LogP contribution in [0.4, 0.5) is 5.69 Å². The molecular formula is C18H18N4O. The largest absolute Gasteiger partial charge is 0.345 e. The number of aryl methyl sites for hydroxylation is 2. The quantitative estimate of drug-likeness (QED) is 0.777. The van der Waals surface area contributed by atoms with Crippen molar-refractivity contribution in [2.45, 2.75) is 20.3 Å². The van der Waals surface area contributed by atoms with Gasteiger partial charge < -0.3 is 10.3 Å². The Hall–Kier alpha value is -2.95. The molecule has 23 heavy (non-hydrogen) atoms. The fourth-order valence-corrected chi connectivity index (χ4v) is 2.31. The Balaban J connectivity index is 1.75. The summed E-state index contributed by atoms with van der Waals surface area (Å²) >= 11 is 0. The summed E-state index contributed by atoms with van der Waals surface area (Å²) in [5.74, 6) is 0.721. The second-order valence-electron chi connectivity index (χ2n) is 5.50. The number of nitrogens with zero attached hydrogens (tertiary/aromatic N) is 2. The van der Waals surface area contributed by atoms with Gasteiger partial charge in [0.1, 0.15) is 5.82 Å². The highest BCUT2D eigenvalue weighted by Crippen LogP contribution is 2.23. The van der Waals surface area contributed by atoms with Crippen LogP contribution in [0.3, 0.4) is 0 Å². The molecule has 5 heteroatoms. The number of carbonyl (C=O) groups is 1. The molecule has 2 aromatic heterocycles. The van der Waals surface area contributed by atoms with Crippen LogP contribution in [-0.2, 0) is 11.2 Å². The molecule has 1 amide bonds. The molecule has 3 aromatic rings. The average molecular weight is 306 g/mol. The first kappa shape index (κ1) is 15.0. The summed E-state index contributed by atoms with van der Waals surface area (Å²) in [6, 6.07) is 9.72. The summed E-state index contributed by atoms with van der Waals surface area (Å²) in [5, 5.41) is 2.97. The molecule has 0 bridgehead atoms. The van der Waals surface area contributed by atoms with Gasteiger partial charge in [-0.1, -0.05) is 18.2 Å². The maximum Gasteiger partial charge on any atom is 0.228 e. The molecule has 0 aliphatic rings. The van der Waals surface area contributed by atoms with Gasteiger partial charge in [-0.2, -0.15) is 0 Å². The van der Waals surface area contributed by atoms with Crippen LogP contribution in [0.2, 0.25) is 0 Å². The normalized spacial score (nSPS) is 10.5. The van der Waals surface area contributed by atoms with Crippen molar-refractivity contribution in [2.75, 3.05) is 5.32 Å². The Morgan fingerprint density at radius 2 is 2.04 bits per heavy atom. The zero-order chi connectivity index (χ0) is 16.2. The smallest absolute Gasteiger partial charge is 0.228 e. The van der Waals surface area contributed by atoms with Crippen molar-refractivity contribution in [3.63, 3.8) is 0 Å². The minimum atomic E-state index is -0.0599. The number of benzene rings is 1. The lowest BCUT2D eigenvalue weighted by atomic mass is 10.1. The number of hydrogen-bond acceptors (Lipinski definition) is 3. The second kappa shape index (κ2) is 6.44. The van der Waals surface area contributed by atoms with Crippen LogP contribution in [-0.4, -0.2) is 20.9 Å². The number of pyridine rings is 1. The predicted octanol–water partition coefficient (Wildman–Crippen LogP) is 3.27. The summed E-state index contributed by atoms with van der Waals surface area (Å²) < 4.78 is 0. The van der Waals surface area contributed by atoms with E-state index in [-0.39, 0.29) is 5.91 Å².